The molecule has 0 atom stereocenters. The summed E-state index contributed by atoms with van der Waals surface area (Å²) in [6, 6.07) is 0. The van der Waals surface area contributed by atoms with Gasteiger partial charge in [0.1, 0.15) is 0 Å². The molecule has 0 fully saturated rings. The van der Waals surface area contributed by atoms with Crippen LogP contribution < -0.4 is 0 Å². The van der Waals surface area contributed by atoms with Gasteiger partial charge in [0.25, 0.3) is 0 Å². The zero-order valence-corrected chi connectivity index (χ0v) is 9.79. The smallest absolute Gasteiger partial charge is 0.411 e. The van der Waals surface area contributed by atoms with Crippen LogP contribution in [0.1, 0.15) is 13.8 Å². The minimum absolute atomic E-state index is 0.426. The van der Waals surface area contributed by atoms with E-state index in [1.54, 1.807) is 28.4 Å². The van der Waals surface area contributed by atoms with Crippen LogP contribution in [-0.2, 0) is 18.6 Å². The molecule has 0 aliphatic heterocycles. The maximum Gasteiger partial charge on any atom is 0.485 e. The molecule has 0 aromatic rings. The van der Waals surface area contributed by atoms with E-state index >= 15 is 0 Å². The van der Waals surface area contributed by atoms with E-state index in [0.29, 0.717) is 0 Å². The second-order valence-corrected chi connectivity index (χ2v) is 3.06. The molecule has 6 heteroatoms. The van der Waals surface area contributed by atoms with Gasteiger partial charge in [0.15, 0.2) is 0 Å². The third-order valence-corrected chi connectivity index (χ3v) is 1.94. The highest BCUT2D eigenvalue weighted by atomic mass is 16.6. The lowest BCUT2D eigenvalue weighted by Gasteiger charge is -2.18. The fraction of sp³-hybridized carbons (Fsp3) is 0.750. The Morgan fingerprint density at radius 3 is 1.14 bits per heavy atom. The van der Waals surface area contributed by atoms with Crippen molar-refractivity contribution in [2.45, 2.75) is 13.8 Å². The molecule has 0 N–H and O–H groups in total. The molecule has 0 amide bonds. The highest BCUT2D eigenvalue weighted by Gasteiger charge is 2.34. The van der Waals surface area contributed by atoms with Crippen LogP contribution in [0, 0.1) is 0 Å². The van der Waals surface area contributed by atoms with E-state index in [2.05, 4.69) is 0 Å². The van der Waals surface area contributed by atoms with Crippen LogP contribution in [0.3, 0.4) is 0 Å². The van der Waals surface area contributed by atoms with E-state index < -0.39 is 14.2 Å². The monoisotopic (exact) mass is 200 g/mol. The Morgan fingerprint density at radius 2 is 1.00 bits per heavy atom. The summed E-state index contributed by atoms with van der Waals surface area (Å²) < 4.78 is 20.7. The van der Waals surface area contributed by atoms with Crippen LogP contribution in [0.4, 0.5) is 0 Å². The highest BCUT2D eigenvalue weighted by Crippen LogP contribution is 2.13. The third kappa shape index (κ3) is 3.46. The molecule has 0 bridgehead atoms. The molecular weight excluding hydrogens is 182 g/mol. The van der Waals surface area contributed by atoms with E-state index in [9.17, 15) is 0 Å². The Labute approximate surface area is 86.8 Å². The first-order valence-electron chi connectivity index (χ1n) is 4.40. The van der Waals surface area contributed by atoms with Gasteiger partial charge in [0.2, 0.25) is 0 Å². The van der Waals surface area contributed by atoms with Crippen LogP contribution >= 0.6 is 0 Å². The topological polar surface area (TPSA) is 36.9 Å². The Balaban J connectivity index is 4.84. The Hall–Kier alpha value is -0.290. The van der Waals surface area contributed by atoms with E-state index in [1.165, 1.54) is 0 Å². The van der Waals surface area contributed by atoms with Crippen LogP contribution in [0.15, 0.2) is 10.9 Å². The zero-order valence-electron chi connectivity index (χ0n) is 9.79. The van der Waals surface area contributed by atoms with Gasteiger partial charge in [-0.2, -0.15) is 0 Å². The van der Waals surface area contributed by atoms with Crippen molar-refractivity contribution >= 4 is 14.2 Å². The molecule has 0 aromatic carbocycles. The minimum Gasteiger partial charge on any atom is -0.411 e. The van der Waals surface area contributed by atoms with Crippen LogP contribution in [0.5, 0.6) is 0 Å². The van der Waals surface area contributed by atoms with Gasteiger partial charge in [-0.05, 0) is 19.2 Å². The van der Waals surface area contributed by atoms with Crippen LogP contribution in [0.2, 0.25) is 0 Å². The van der Waals surface area contributed by atoms with Gasteiger partial charge in [0, 0.05) is 28.4 Å². The van der Waals surface area contributed by atoms with E-state index in [-0.39, 0.29) is 0 Å². The molecule has 0 saturated carbocycles. The first kappa shape index (κ1) is 13.7. The van der Waals surface area contributed by atoms with Gasteiger partial charge < -0.3 is 18.6 Å². The van der Waals surface area contributed by atoms with Gasteiger partial charge in [-0.3, -0.25) is 0 Å². The van der Waals surface area contributed by atoms with Crippen molar-refractivity contribution in [2.75, 3.05) is 28.4 Å². The quantitative estimate of drug-likeness (QED) is 0.598. The molecule has 0 radical (unpaired) electrons. The Morgan fingerprint density at radius 1 is 0.714 bits per heavy atom. The molecular formula is C8H18B2O4. The molecule has 0 unspecified atom stereocenters. The summed E-state index contributed by atoms with van der Waals surface area (Å²) in [7, 11) is 5.48. The predicted molar refractivity (Wildman–Crippen MR) is 57.9 cm³/mol. The average molecular weight is 200 g/mol. The molecule has 0 rings (SSSR count). The number of allylic oxidation sites excluding steroid dienone is 1. The maximum absolute atomic E-state index is 5.17. The summed E-state index contributed by atoms with van der Waals surface area (Å²) in [5.41, 5.74) is 1.06. The summed E-state index contributed by atoms with van der Waals surface area (Å²) in [4.78, 5) is 0. The van der Waals surface area contributed by atoms with Crippen LogP contribution in [-0.4, -0.2) is 42.7 Å². The number of hydrogen-bond acceptors (Lipinski definition) is 4. The largest absolute Gasteiger partial charge is 0.485 e. The molecule has 14 heavy (non-hydrogen) atoms. The van der Waals surface area contributed by atoms with Gasteiger partial charge in [-0.25, -0.2) is 0 Å². The first-order chi connectivity index (χ1) is 6.62. The average Bonchev–Trinajstić information content (AvgIpc) is 2.18. The maximum atomic E-state index is 5.17. The zero-order chi connectivity index (χ0) is 11.1. The molecule has 4 nitrogen and oxygen atoms in total. The number of rotatable bonds is 6. The summed E-state index contributed by atoms with van der Waals surface area (Å²) in [6.07, 6.45) is 0. The summed E-state index contributed by atoms with van der Waals surface area (Å²) in [5, 5.41) is 0.861. The fourth-order valence-electron chi connectivity index (χ4n) is 1.28. The molecule has 0 heterocycles. The fourth-order valence-corrected chi connectivity index (χ4v) is 1.28. The minimum atomic E-state index is -0.426. The first-order valence-corrected chi connectivity index (χ1v) is 4.40. The van der Waals surface area contributed by atoms with Crippen molar-refractivity contribution in [3.05, 3.63) is 10.9 Å². The van der Waals surface area contributed by atoms with Crippen LogP contribution in [0.25, 0.3) is 0 Å². The van der Waals surface area contributed by atoms with Gasteiger partial charge >= 0.3 is 14.2 Å². The van der Waals surface area contributed by atoms with Crippen molar-refractivity contribution in [3.8, 4) is 0 Å². The Bertz CT molecular complexity index is 170. The summed E-state index contributed by atoms with van der Waals surface area (Å²) >= 11 is 0. The highest BCUT2D eigenvalue weighted by molar-refractivity contribution is 6.77. The van der Waals surface area contributed by atoms with E-state index in [0.717, 1.165) is 10.9 Å². The lowest BCUT2D eigenvalue weighted by molar-refractivity contribution is 0.269. The molecule has 0 aromatic heterocycles. The van der Waals surface area contributed by atoms with Crippen molar-refractivity contribution < 1.29 is 18.6 Å². The third-order valence-electron chi connectivity index (χ3n) is 1.94. The van der Waals surface area contributed by atoms with Gasteiger partial charge in [-0.15, -0.1) is 0 Å². The van der Waals surface area contributed by atoms with Crippen molar-refractivity contribution in [1.29, 1.82) is 0 Å². The van der Waals surface area contributed by atoms with Gasteiger partial charge in [-0.1, -0.05) is 5.57 Å². The van der Waals surface area contributed by atoms with E-state index in [1.807, 2.05) is 13.8 Å². The van der Waals surface area contributed by atoms with E-state index in [4.69, 9.17) is 18.6 Å². The Kier molecular flexibility index (Phi) is 6.92. The predicted octanol–water partition coefficient (Wildman–Crippen LogP) is 0.963. The lowest BCUT2D eigenvalue weighted by Crippen LogP contribution is -2.37. The molecule has 0 aliphatic carbocycles. The normalized spacial score (nSPS) is 9.86. The second-order valence-electron chi connectivity index (χ2n) is 3.06. The summed E-state index contributed by atoms with van der Waals surface area (Å²) in [6.45, 7) is 3.93. The SMILES string of the molecule is COB(OC)C(B(OC)OC)=C(C)C. The molecule has 0 aliphatic rings. The molecule has 80 valence electrons. The molecule has 0 saturated heterocycles. The lowest BCUT2D eigenvalue weighted by atomic mass is 9.55. The van der Waals surface area contributed by atoms with Crippen molar-refractivity contribution in [1.82, 2.24) is 0 Å². The number of hydrogen-bond donors (Lipinski definition) is 0. The van der Waals surface area contributed by atoms with Gasteiger partial charge in [0.05, 0.1) is 0 Å². The molecule has 0 spiro atoms. The van der Waals surface area contributed by atoms with Crippen molar-refractivity contribution in [2.24, 2.45) is 0 Å². The van der Waals surface area contributed by atoms with Crippen molar-refractivity contribution in [3.63, 3.8) is 0 Å². The summed E-state index contributed by atoms with van der Waals surface area (Å²) in [5.74, 6) is 0. The second kappa shape index (κ2) is 7.06. The standard InChI is InChI=1S/C8H18B2O4/c1-7(2)8(9(11-3)12-4)10(13-5)14-6/h1-6H3.